The molecule has 5 nitrogen and oxygen atoms in total. The van der Waals surface area contributed by atoms with Crippen molar-refractivity contribution in [1.29, 1.82) is 0 Å². The molecule has 2 aromatic rings. The number of hydrogen-bond donors (Lipinski definition) is 1. The number of amides is 1. The molecule has 2 aromatic carbocycles. The van der Waals surface area contributed by atoms with Crippen LogP contribution in [0.3, 0.4) is 0 Å². The van der Waals surface area contributed by atoms with Crippen LogP contribution in [-0.4, -0.2) is 33.4 Å². The maximum absolute atomic E-state index is 12.6. The van der Waals surface area contributed by atoms with Gasteiger partial charge in [0.1, 0.15) is 6.54 Å². The molecule has 0 bridgehead atoms. The molecule has 0 heterocycles. The third-order valence-corrected chi connectivity index (χ3v) is 5.82. The van der Waals surface area contributed by atoms with Gasteiger partial charge in [-0.05, 0) is 35.9 Å². The summed E-state index contributed by atoms with van der Waals surface area (Å²) in [5.74, 6) is -0.244. The first kappa shape index (κ1) is 20.3. The number of carbonyl (C=O) groups is 1. The van der Waals surface area contributed by atoms with E-state index in [9.17, 15) is 13.2 Å². The molecule has 0 aliphatic carbocycles. The van der Waals surface area contributed by atoms with Crippen LogP contribution < -0.4 is 9.62 Å². The van der Waals surface area contributed by atoms with Crippen molar-refractivity contribution in [3.8, 4) is 0 Å². The van der Waals surface area contributed by atoms with Crippen LogP contribution in [0.4, 0.5) is 11.4 Å². The molecule has 0 atom stereocenters. The lowest BCUT2D eigenvalue weighted by molar-refractivity contribution is -0.114. The van der Waals surface area contributed by atoms with Gasteiger partial charge >= 0.3 is 0 Å². The Labute approximate surface area is 159 Å². The highest BCUT2D eigenvalue weighted by molar-refractivity contribution is 7.98. The van der Waals surface area contributed by atoms with Crippen molar-refractivity contribution >= 4 is 39.1 Å². The number of benzene rings is 2. The van der Waals surface area contributed by atoms with E-state index >= 15 is 0 Å². The number of anilines is 2. The van der Waals surface area contributed by atoms with Gasteiger partial charge in [-0.15, -0.1) is 11.8 Å². The third kappa shape index (κ3) is 5.02. The Bertz CT molecular complexity index is 880. The summed E-state index contributed by atoms with van der Waals surface area (Å²) in [6, 6.07) is 14.7. The van der Waals surface area contributed by atoms with Gasteiger partial charge in [0, 0.05) is 4.90 Å². The SMILES string of the molecule is CSc1ccccc1NC(=O)CN(c1ccccc1C(C)C)S(C)(=O)=O. The summed E-state index contributed by atoms with van der Waals surface area (Å²) >= 11 is 1.52. The lowest BCUT2D eigenvalue weighted by Gasteiger charge is -2.25. The number of thioether (sulfide) groups is 1. The fraction of sp³-hybridized carbons (Fsp3) is 0.316. The average Bonchev–Trinajstić information content (AvgIpc) is 2.59. The van der Waals surface area contributed by atoms with Crippen LogP contribution in [0, 0.1) is 0 Å². The number of para-hydroxylation sites is 2. The molecule has 7 heteroatoms. The highest BCUT2D eigenvalue weighted by Gasteiger charge is 2.24. The Balaban J connectivity index is 2.31. The first-order chi connectivity index (χ1) is 12.2. The van der Waals surface area contributed by atoms with Crippen LogP contribution in [0.1, 0.15) is 25.3 Å². The highest BCUT2D eigenvalue weighted by Crippen LogP contribution is 2.29. The molecular weight excluding hydrogens is 368 g/mol. The molecule has 0 fully saturated rings. The van der Waals surface area contributed by atoms with E-state index in [1.165, 1.54) is 16.1 Å². The van der Waals surface area contributed by atoms with Crippen LogP contribution in [-0.2, 0) is 14.8 Å². The zero-order chi connectivity index (χ0) is 19.3. The molecule has 1 amide bonds. The van der Waals surface area contributed by atoms with E-state index in [1.54, 1.807) is 18.2 Å². The van der Waals surface area contributed by atoms with Gasteiger partial charge in [0.05, 0.1) is 17.6 Å². The Hall–Kier alpha value is -1.99. The number of hydrogen-bond acceptors (Lipinski definition) is 4. The standard InChI is InChI=1S/C19H24N2O3S2/c1-14(2)15-9-5-7-11-17(15)21(26(4,23)24)13-19(22)20-16-10-6-8-12-18(16)25-3/h5-12,14H,13H2,1-4H3,(H,20,22). The summed E-state index contributed by atoms with van der Waals surface area (Å²) < 4.78 is 25.9. The van der Waals surface area contributed by atoms with E-state index in [0.29, 0.717) is 11.4 Å². The summed E-state index contributed by atoms with van der Waals surface area (Å²) in [4.78, 5) is 13.5. The lowest BCUT2D eigenvalue weighted by Crippen LogP contribution is -2.38. The van der Waals surface area contributed by atoms with Crippen molar-refractivity contribution in [1.82, 2.24) is 0 Å². The molecule has 0 unspecified atom stereocenters. The summed E-state index contributed by atoms with van der Waals surface area (Å²) in [6.07, 6.45) is 3.04. The molecule has 0 radical (unpaired) electrons. The van der Waals surface area contributed by atoms with Crippen molar-refractivity contribution in [2.45, 2.75) is 24.7 Å². The van der Waals surface area contributed by atoms with Crippen molar-refractivity contribution in [3.05, 3.63) is 54.1 Å². The van der Waals surface area contributed by atoms with Crippen molar-refractivity contribution in [3.63, 3.8) is 0 Å². The molecular formula is C19H24N2O3S2. The van der Waals surface area contributed by atoms with Crippen LogP contribution in [0.5, 0.6) is 0 Å². The summed E-state index contributed by atoms with van der Waals surface area (Å²) in [5, 5.41) is 2.82. The molecule has 0 saturated carbocycles. The minimum absolute atomic E-state index is 0.135. The zero-order valence-electron chi connectivity index (χ0n) is 15.4. The van der Waals surface area contributed by atoms with Crippen molar-refractivity contribution in [2.75, 3.05) is 28.7 Å². The van der Waals surface area contributed by atoms with Gasteiger partial charge in [0.15, 0.2) is 0 Å². The number of carbonyl (C=O) groups excluding carboxylic acids is 1. The first-order valence-corrected chi connectivity index (χ1v) is 11.3. The van der Waals surface area contributed by atoms with E-state index in [1.807, 2.05) is 50.4 Å². The highest BCUT2D eigenvalue weighted by atomic mass is 32.2. The smallest absolute Gasteiger partial charge is 0.245 e. The molecule has 0 saturated heterocycles. The van der Waals surface area contributed by atoms with E-state index in [0.717, 1.165) is 16.7 Å². The molecule has 0 spiro atoms. The summed E-state index contributed by atoms with van der Waals surface area (Å²) in [7, 11) is -3.61. The molecule has 1 N–H and O–H groups in total. The summed E-state index contributed by atoms with van der Waals surface area (Å²) in [5.41, 5.74) is 2.10. The van der Waals surface area contributed by atoms with Gasteiger partial charge in [-0.1, -0.05) is 44.2 Å². The Morgan fingerprint density at radius 2 is 1.73 bits per heavy atom. The predicted molar refractivity (Wildman–Crippen MR) is 110 cm³/mol. The predicted octanol–water partition coefficient (Wildman–Crippen LogP) is 3.94. The molecule has 0 aromatic heterocycles. The van der Waals surface area contributed by atoms with Crippen LogP contribution in [0.15, 0.2) is 53.4 Å². The second-order valence-electron chi connectivity index (χ2n) is 6.23. The third-order valence-electron chi connectivity index (χ3n) is 3.90. The number of rotatable bonds is 7. The van der Waals surface area contributed by atoms with Gasteiger partial charge in [-0.25, -0.2) is 8.42 Å². The fourth-order valence-electron chi connectivity index (χ4n) is 2.65. The topological polar surface area (TPSA) is 66.5 Å². The minimum Gasteiger partial charge on any atom is -0.323 e. The zero-order valence-corrected chi connectivity index (χ0v) is 17.0. The van der Waals surface area contributed by atoms with Crippen molar-refractivity contribution < 1.29 is 13.2 Å². The molecule has 0 aliphatic heterocycles. The van der Waals surface area contributed by atoms with E-state index in [2.05, 4.69) is 5.32 Å². The number of nitrogens with one attached hydrogen (secondary N) is 1. The second-order valence-corrected chi connectivity index (χ2v) is 8.99. The number of sulfonamides is 1. The van der Waals surface area contributed by atoms with Crippen LogP contribution >= 0.6 is 11.8 Å². The van der Waals surface area contributed by atoms with Gasteiger partial charge in [-0.2, -0.15) is 0 Å². The quantitative estimate of drug-likeness (QED) is 0.725. The maximum atomic E-state index is 12.6. The van der Waals surface area contributed by atoms with Gasteiger partial charge < -0.3 is 5.32 Å². The molecule has 140 valence electrons. The van der Waals surface area contributed by atoms with Gasteiger partial charge in [-0.3, -0.25) is 9.10 Å². The Morgan fingerprint density at radius 3 is 2.35 bits per heavy atom. The van der Waals surface area contributed by atoms with Crippen LogP contribution in [0.25, 0.3) is 0 Å². The average molecular weight is 393 g/mol. The lowest BCUT2D eigenvalue weighted by atomic mass is 10.0. The molecule has 0 aliphatic rings. The van der Waals surface area contributed by atoms with E-state index in [4.69, 9.17) is 0 Å². The largest absolute Gasteiger partial charge is 0.323 e. The second kappa shape index (κ2) is 8.60. The van der Waals surface area contributed by atoms with Gasteiger partial charge in [0.2, 0.25) is 15.9 Å². The number of nitrogens with zero attached hydrogens (tertiary/aromatic N) is 1. The monoisotopic (exact) mass is 392 g/mol. The van der Waals surface area contributed by atoms with Crippen molar-refractivity contribution in [2.24, 2.45) is 0 Å². The molecule has 26 heavy (non-hydrogen) atoms. The Morgan fingerprint density at radius 1 is 1.12 bits per heavy atom. The first-order valence-electron chi connectivity index (χ1n) is 8.23. The Kier molecular flexibility index (Phi) is 6.72. The normalized spacial score (nSPS) is 11.4. The van der Waals surface area contributed by atoms with E-state index in [-0.39, 0.29) is 18.4 Å². The van der Waals surface area contributed by atoms with Gasteiger partial charge in [0.25, 0.3) is 0 Å². The van der Waals surface area contributed by atoms with E-state index < -0.39 is 10.0 Å². The fourth-order valence-corrected chi connectivity index (χ4v) is 4.08. The molecule has 2 rings (SSSR count). The summed E-state index contributed by atoms with van der Waals surface area (Å²) in [6.45, 7) is 3.72. The van der Waals surface area contributed by atoms with Crippen LogP contribution in [0.2, 0.25) is 0 Å². The maximum Gasteiger partial charge on any atom is 0.245 e. The minimum atomic E-state index is -3.61.